The van der Waals surface area contributed by atoms with Crippen molar-refractivity contribution in [1.29, 1.82) is 0 Å². The summed E-state index contributed by atoms with van der Waals surface area (Å²) in [6, 6.07) is 0. The third kappa shape index (κ3) is 4.43. The van der Waals surface area contributed by atoms with Crippen molar-refractivity contribution in [1.82, 2.24) is 9.21 Å². The van der Waals surface area contributed by atoms with E-state index in [4.69, 9.17) is 0 Å². The van der Waals surface area contributed by atoms with Crippen molar-refractivity contribution in [2.24, 2.45) is 11.8 Å². The van der Waals surface area contributed by atoms with Gasteiger partial charge in [0, 0.05) is 19.6 Å². The van der Waals surface area contributed by atoms with Gasteiger partial charge in [-0.3, -0.25) is 0 Å². The Kier molecular flexibility index (Phi) is 5.87. The Morgan fingerprint density at radius 3 is 2.15 bits per heavy atom. The Morgan fingerprint density at radius 2 is 1.60 bits per heavy atom. The van der Waals surface area contributed by atoms with Crippen molar-refractivity contribution in [3.63, 3.8) is 0 Å². The molecular formula is C15H30N2O2S. The third-order valence-electron chi connectivity index (χ3n) is 4.82. The van der Waals surface area contributed by atoms with Crippen molar-refractivity contribution in [2.45, 2.75) is 46.0 Å². The standard InChI is InChI=1S/C15H30N2O2S/c1-3-12-20(18,19)17-10-6-15(7-11-17)13-16-8-4-14(2)5-9-16/h14-15H,3-13H2,1-2H3. The van der Waals surface area contributed by atoms with E-state index in [0.29, 0.717) is 18.1 Å². The zero-order valence-corrected chi connectivity index (χ0v) is 13.9. The second kappa shape index (κ2) is 7.23. The van der Waals surface area contributed by atoms with E-state index in [1.165, 1.54) is 32.5 Å². The largest absolute Gasteiger partial charge is 0.303 e. The van der Waals surface area contributed by atoms with Crippen LogP contribution in [0.4, 0.5) is 0 Å². The minimum atomic E-state index is -2.98. The second-order valence-corrected chi connectivity index (χ2v) is 8.73. The van der Waals surface area contributed by atoms with Crippen LogP contribution in [0.2, 0.25) is 0 Å². The predicted molar refractivity (Wildman–Crippen MR) is 83.2 cm³/mol. The summed E-state index contributed by atoms with van der Waals surface area (Å²) >= 11 is 0. The van der Waals surface area contributed by atoms with E-state index >= 15 is 0 Å². The minimum absolute atomic E-state index is 0.307. The van der Waals surface area contributed by atoms with Crippen LogP contribution in [0.5, 0.6) is 0 Å². The molecule has 0 atom stereocenters. The number of sulfonamides is 1. The van der Waals surface area contributed by atoms with E-state index in [-0.39, 0.29) is 0 Å². The van der Waals surface area contributed by atoms with Crippen LogP contribution >= 0.6 is 0 Å². The first-order chi connectivity index (χ1) is 9.51. The molecule has 0 radical (unpaired) electrons. The highest BCUT2D eigenvalue weighted by molar-refractivity contribution is 7.89. The molecule has 2 aliphatic rings. The highest BCUT2D eigenvalue weighted by atomic mass is 32.2. The summed E-state index contributed by atoms with van der Waals surface area (Å²) in [7, 11) is -2.98. The number of rotatable bonds is 5. The number of hydrogen-bond donors (Lipinski definition) is 0. The minimum Gasteiger partial charge on any atom is -0.303 e. The first-order valence-corrected chi connectivity index (χ1v) is 9.82. The lowest BCUT2D eigenvalue weighted by molar-refractivity contribution is 0.142. The molecule has 20 heavy (non-hydrogen) atoms. The van der Waals surface area contributed by atoms with Crippen molar-refractivity contribution < 1.29 is 8.42 Å². The summed E-state index contributed by atoms with van der Waals surface area (Å²) in [5.41, 5.74) is 0. The lowest BCUT2D eigenvalue weighted by atomic mass is 9.94. The van der Waals surface area contributed by atoms with Gasteiger partial charge in [0.2, 0.25) is 10.0 Å². The zero-order chi connectivity index (χ0) is 14.6. The number of hydrogen-bond acceptors (Lipinski definition) is 3. The van der Waals surface area contributed by atoms with Gasteiger partial charge in [-0.05, 0) is 57.0 Å². The molecule has 2 aliphatic heterocycles. The maximum Gasteiger partial charge on any atom is 0.214 e. The van der Waals surface area contributed by atoms with Crippen LogP contribution in [0, 0.1) is 11.8 Å². The average Bonchev–Trinajstić information content (AvgIpc) is 2.42. The van der Waals surface area contributed by atoms with Gasteiger partial charge in [-0.1, -0.05) is 13.8 Å². The molecule has 2 saturated heterocycles. The van der Waals surface area contributed by atoms with E-state index in [0.717, 1.165) is 31.8 Å². The third-order valence-corrected chi connectivity index (χ3v) is 6.90. The monoisotopic (exact) mass is 302 g/mol. The van der Waals surface area contributed by atoms with Crippen LogP contribution in [-0.4, -0.2) is 56.1 Å². The fourth-order valence-electron chi connectivity index (χ4n) is 3.37. The summed E-state index contributed by atoms with van der Waals surface area (Å²) in [6.07, 6.45) is 5.44. The van der Waals surface area contributed by atoms with Crippen LogP contribution in [0.3, 0.4) is 0 Å². The van der Waals surface area contributed by atoms with E-state index in [1.807, 2.05) is 6.92 Å². The Labute approximate surface area is 124 Å². The normalized spacial score (nSPS) is 25.1. The van der Waals surface area contributed by atoms with Gasteiger partial charge in [-0.2, -0.15) is 0 Å². The number of nitrogens with zero attached hydrogens (tertiary/aromatic N) is 2. The summed E-state index contributed by atoms with van der Waals surface area (Å²) in [5.74, 6) is 1.88. The number of piperidine rings is 2. The average molecular weight is 302 g/mol. The second-order valence-electron chi connectivity index (χ2n) is 6.64. The smallest absolute Gasteiger partial charge is 0.214 e. The molecule has 0 bridgehead atoms. The van der Waals surface area contributed by atoms with Gasteiger partial charge in [-0.25, -0.2) is 12.7 Å². The summed E-state index contributed by atoms with van der Waals surface area (Å²) < 4.78 is 25.8. The Bertz CT molecular complexity index is 381. The molecule has 0 aliphatic carbocycles. The maximum atomic E-state index is 12.0. The molecule has 0 amide bonds. The quantitative estimate of drug-likeness (QED) is 0.781. The van der Waals surface area contributed by atoms with Crippen molar-refractivity contribution in [3.8, 4) is 0 Å². The van der Waals surface area contributed by atoms with Crippen LogP contribution < -0.4 is 0 Å². The van der Waals surface area contributed by atoms with Crippen molar-refractivity contribution in [3.05, 3.63) is 0 Å². The molecule has 0 spiro atoms. The maximum absolute atomic E-state index is 12.0. The SMILES string of the molecule is CCCS(=O)(=O)N1CCC(CN2CCC(C)CC2)CC1. The summed E-state index contributed by atoms with van der Waals surface area (Å²) in [5, 5.41) is 0. The van der Waals surface area contributed by atoms with E-state index < -0.39 is 10.0 Å². The molecule has 2 rings (SSSR count). The number of likely N-dealkylation sites (tertiary alicyclic amines) is 1. The Morgan fingerprint density at radius 1 is 1.00 bits per heavy atom. The van der Waals surface area contributed by atoms with Gasteiger partial charge in [0.1, 0.15) is 0 Å². The van der Waals surface area contributed by atoms with E-state index in [2.05, 4.69) is 11.8 Å². The van der Waals surface area contributed by atoms with Crippen LogP contribution in [0.25, 0.3) is 0 Å². The molecule has 2 fully saturated rings. The fraction of sp³-hybridized carbons (Fsp3) is 1.00. The lowest BCUT2D eigenvalue weighted by Gasteiger charge is -2.36. The molecule has 0 aromatic carbocycles. The van der Waals surface area contributed by atoms with Crippen LogP contribution in [0.15, 0.2) is 0 Å². The molecular weight excluding hydrogens is 272 g/mol. The topological polar surface area (TPSA) is 40.6 Å². The molecule has 0 unspecified atom stereocenters. The molecule has 0 saturated carbocycles. The van der Waals surface area contributed by atoms with Gasteiger partial charge in [0.25, 0.3) is 0 Å². The molecule has 2 heterocycles. The fourth-order valence-corrected chi connectivity index (χ4v) is 4.91. The first-order valence-electron chi connectivity index (χ1n) is 8.21. The molecule has 4 nitrogen and oxygen atoms in total. The molecule has 5 heteroatoms. The van der Waals surface area contributed by atoms with E-state index in [9.17, 15) is 8.42 Å². The zero-order valence-electron chi connectivity index (χ0n) is 13.1. The Balaban J connectivity index is 1.74. The van der Waals surface area contributed by atoms with Crippen molar-refractivity contribution >= 4 is 10.0 Å². The lowest BCUT2D eigenvalue weighted by Crippen LogP contribution is -2.43. The molecule has 0 N–H and O–H groups in total. The van der Waals surface area contributed by atoms with Gasteiger partial charge < -0.3 is 4.90 Å². The predicted octanol–water partition coefficient (Wildman–Crippen LogP) is 2.17. The summed E-state index contributed by atoms with van der Waals surface area (Å²) in [4.78, 5) is 2.58. The molecule has 0 aromatic heterocycles. The van der Waals surface area contributed by atoms with Gasteiger partial charge in [-0.15, -0.1) is 0 Å². The highest BCUT2D eigenvalue weighted by Crippen LogP contribution is 2.23. The van der Waals surface area contributed by atoms with Crippen LogP contribution in [-0.2, 0) is 10.0 Å². The highest BCUT2D eigenvalue weighted by Gasteiger charge is 2.28. The Hall–Kier alpha value is -0.130. The van der Waals surface area contributed by atoms with Crippen LogP contribution in [0.1, 0.15) is 46.0 Å². The molecule has 118 valence electrons. The summed E-state index contributed by atoms with van der Waals surface area (Å²) in [6.45, 7) is 9.38. The van der Waals surface area contributed by atoms with Crippen molar-refractivity contribution in [2.75, 3.05) is 38.5 Å². The van der Waals surface area contributed by atoms with Gasteiger partial charge in [0.15, 0.2) is 0 Å². The van der Waals surface area contributed by atoms with Gasteiger partial charge >= 0.3 is 0 Å². The first kappa shape index (κ1) is 16.2. The van der Waals surface area contributed by atoms with E-state index in [1.54, 1.807) is 4.31 Å². The van der Waals surface area contributed by atoms with Gasteiger partial charge in [0.05, 0.1) is 5.75 Å². The molecule has 0 aromatic rings.